The fraction of sp³-hybridized carbons (Fsp3) is 0.304. The van der Waals surface area contributed by atoms with Crippen molar-refractivity contribution in [3.8, 4) is 0 Å². The lowest BCUT2D eigenvalue weighted by atomic mass is 10.0. The molecule has 0 bridgehead atoms. The van der Waals surface area contributed by atoms with E-state index in [1.54, 1.807) is 18.2 Å². The highest BCUT2D eigenvalue weighted by Gasteiger charge is 2.24. The first-order valence-corrected chi connectivity index (χ1v) is 10.3. The zero-order valence-corrected chi connectivity index (χ0v) is 16.8. The second-order valence-electron chi connectivity index (χ2n) is 7.36. The van der Waals surface area contributed by atoms with Crippen LogP contribution in [0.2, 0.25) is 5.02 Å². The van der Waals surface area contributed by atoms with Crippen LogP contribution in [0.25, 0.3) is 11.0 Å². The van der Waals surface area contributed by atoms with Gasteiger partial charge in [0.25, 0.3) is 5.91 Å². The van der Waals surface area contributed by atoms with Gasteiger partial charge in [0.05, 0.1) is 6.04 Å². The van der Waals surface area contributed by atoms with Gasteiger partial charge in [-0.1, -0.05) is 48.4 Å². The van der Waals surface area contributed by atoms with Crippen LogP contribution in [0.4, 0.5) is 0 Å². The minimum Gasteiger partial charge on any atom is -0.422 e. The van der Waals surface area contributed by atoms with Gasteiger partial charge in [-0.25, -0.2) is 4.79 Å². The third-order valence-electron chi connectivity index (χ3n) is 5.43. The number of amides is 1. The molecule has 1 amide bonds. The molecule has 29 heavy (non-hydrogen) atoms. The zero-order chi connectivity index (χ0) is 20.2. The summed E-state index contributed by atoms with van der Waals surface area (Å²) in [5, 5.41) is 4.35. The summed E-state index contributed by atoms with van der Waals surface area (Å²) in [6.45, 7) is 2.38. The van der Waals surface area contributed by atoms with Crippen LogP contribution in [0.3, 0.4) is 0 Å². The number of piperidine rings is 1. The molecule has 0 aliphatic carbocycles. The van der Waals surface area contributed by atoms with Crippen molar-refractivity contribution in [2.24, 2.45) is 0 Å². The number of benzene rings is 2. The normalized spacial score (nSPS) is 15.9. The summed E-state index contributed by atoms with van der Waals surface area (Å²) in [4.78, 5) is 27.4. The SMILES string of the molecule is O=C(NC[C@H](c1ccc(Cl)cc1)N1CCCCC1)c1cc2ccccc2oc1=O. The molecule has 1 aromatic heterocycles. The van der Waals surface area contributed by atoms with Crippen molar-refractivity contribution in [3.63, 3.8) is 0 Å². The van der Waals surface area contributed by atoms with E-state index in [0.717, 1.165) is 36.9 Å². The molecule has 1 N–H and O–H groups in total. The Bertz CT molecular complexity index is 1060. The molecule has 1 atom stereocenters. The number of hydrogen-bond donors (Lipinski definition) is 1. The van der Waals surface area contributed by atoms with Crippen molar-refractivity contribution in [2.45, 2.75) is 25.3 Å². The summed E-state index contributed by atoms with van der Waals surface area (Å²) in [7, 11) is 0. The average molecular weight is 411 g/mol. The molecule has 1 saturated heterocycles. The number of halogens is 1. The lowest BCUT2D eigenvalue weighted by Crippen LogP contribution is -2.41. The summed E-state index contributed by atoms with van der Waals surface area (Å²) in [6.07, 6.45) is 3.52. The maximum absolute atomic E-state index is 12.8. The molecule has 5 nitrogen and oxygen atoms in total. The van der Waals surface area contributed by atoms with Crippen LogP contribution in [-0.2, 0) is 0 Å². The van der Waals surface area contributed by atoms with Gasteiger partial charge < -0.3 is 9.73 Å². The van der Waals surface area contributed by atoms with Gasteiger partial charge >= 0.3 is 5.63 Å². The Morgan fingerprint density at radius 3 is 2.55 bits per heavy atom. The number of hydrogen-bond acceptors (Lipinski definition) is 4. The molecule has 0 radical (unpaired) electrons. The van der Waals surface area contributed by atoms with E-state index in [9.17, 15) is 9.59 Å². The molecule has 1 aliphatic rings. The Morgan fingerprint density at radius 1 is 1.07 bits per heavy atom. The summed E-state index contributed by atoms with van der Waals surface area (Å²) in [5.41, 5.74) is 0.975. The van der Waals surface area contributed by atoms with E-state index < -0.39 is 11.5 Å². The third-order valence-corrected chi connectivity index (χ3v) is 5.68. The number of likely N-dealkylation sites (tertiary alicyclic amines) is 1. The number of rotatable bonds is 5. The van der Waals surface area contributed by atoms with Crippen molar-refractivity contribution in [2.75, 3.05) is 19.6 Å². The summed E-state index contributed by atoms with van der Waals surface area (Å²) < 4.78 is 5.29. The van der Waals surface area contributed by atoms with Crippen LogP contribution in [-0.4, -0.2) is 30.4 Å². The van der Waals surface area contributed by atoms with Gasteiger partial charge in [0.15, 0.2) is 0 Å². The molecule has 3 aromatic rings. The Hall–Kier alpha value is -2.63. The van der Waals surface area contributed by atoms with Crippen LogP contribution in [0.1, 0.15) is 41.2 Å². The van der Waals surface area contributed by atoms with E-state index in [4.69, 9.17) is 16.0 Å². The van der Waals surface area contributed by atoms with Crippen LogP contribution < -0.4 is 10.9 Å². The highest BCUT2D eigenvalue weighted by molar-refractivity contribution is 6.30. The Balaban J connectivity index is 1.55. The topological polar surface area (TPSA) is 62.6 Å². The lowest BCUT2D eigenvalue weighted by Gasteiger charge is -2.35. The quantitative estimate of drug-likeness (QED) is 0.633. The van der Waals surface area contributed by atoms with E-state index in [0.29, 0.717) is 17.2 Å². The van der Waals surface area contributed by atoms with Crippen molar-refractivity contribution in [3.05, 3.63) is 81.2 Å². The fourth-order valence-corrected chi connectivity index (χ4v) is 4.00. The van der Waals surface area contributed by atoms with Crippen LogP contribution in [0.15, 0.2) is 63.8 Å². The molecular formula is C23H23ClN2O3. The number of carbonyl (C=O) groups excluding carboxylic acids is 1. The van der Waals surface area contributed by atoms with Crippen molar-refractivity contribution in [1.82, 2.24) is 10.2 Å². The smallest absolute Gasteiger partial charge is 0.349 e. The first kappa shape index (κ1) is 19.7. The molecule has 0 spiro atoms. The van der Waals surface area contributed by atoms with Gasteiger partial charge in [-0.3, -0.25) is 9.69 Å². The predicted molar refractivity (Wildman–Crippen MR) is 114 cm³/mol. The van der Waals surface area contributed by atoms with Crippen molar-refractivity contribution < 1.29 is 9.21 Å². The van der Waals surface area contributed by atoms with Crippen LogP contribution in [0, 0.1) is 0 Å². The fourth-order valence-electron chi connectivity index (χ4n) is 3.88. The third kappa shape index (κ3) is 4.52. The molecule has 4 rings (SSSR count). The summed E-state index contributed by atoms with van der Waals surface area (Å²) in [5.74, 6) is -0.416. The zero-order valence-electron chi connectivity index (χ0n) is 16.1. The Kier molecular flexibility index (Phi) is 5.97. The second-order valence-corrected chi connectivity index (χ2v) is 7.80. The molecule has 1 fully saturated rings. The summed E-state index contributed by atoms with van der Waals surface area (Å²) >= 11 is 6.05. The lowest BCUT2D eigenvalue weighted by molar-refractivity contribution is 0.0921. The monoisotopic (exact) mass is 410 g/mol. The number of nitrogens with zero attached hydrogens (tertiary/aromatic N) is 1. The molecular weight excluding hydrogens is 388 g/mol. The van der Waals surface area contributed by atoms with Gasteiger partial charge in [0, 0.05) is 17.0 Å². The summed E-state index contributed by atoms with van der Waals surface area (Å²) in [6, 6.07) is 16.5. The van der Waals surface area contributed by atoms with Gasteiger partial charge in [-0.2, -0.15) is 0 Å². The van der Waals surface area contributed by atoms with Gasteiger partial charge in [-0.05, 0) is 55.8 Å². The Morgan fingerprint density at radius 2 is 1.79 bits per heavy atom. The molecule has 0 saturated carbocycles. The van der Waals surface area contributed by atoms with E-state index in [-0.39, 0.29) is 11.6 Å². The molecule has 6 heteroatoms. The molecule has 2 heterocycles. The van der Waals surface area contributed by atoms with Gasteiger partial charge in [0.1, 0.15) is 11.1 Å². The maximum Gasteiger partial charge on any atom is 0.349 e. The maximum atomic E-state index is 12.8. The largest absolute Gasteiger partial charge is 0.422 e. The first-order chi connectivity index (χ1) is 14.1. The van der Waals surface area contributed by atoms with Crippen molar-refractivity contribution in [1.29, 1.82) is 0 Å². The Labute approximate surface area is 174 Å². The van der Waals surface area contributed by atoms with Crippen LogP contribution in [0.5, 0.6) is 0 Å². The average Bonchev–Trinajstić information content (AvgIpc) is 2.75. The molecule has 0 unspecified atom stereocenters. The predicted octanol–water partition coefficient (Wildman–Crippen LogP) is 4.40. The molecule has 150 valence electrons. The standard InChI is InChI=1S/C23H23ClN2O3/c24-18-10-8-16(9-11-18)20(26-12-4-1-5-13-26)15-25-22(27)19-14-17-6-2-3-7-21(17)29-23(19)28/h2-3,6-11,14,20H,1,4-5,12-13,15H2,(H,25,27)/t20-/m1/s1. The van der Waals surface area contributed by atoms with Crippen LogP contribution >= 0.6 is 11.6 Å². The number of fused-ring (bicyclic) bond motifs is 1. The number of nitrogens with one attached hydrogen (secondary N) is 1. The molecule has 1 aliphatic heterocycles. The highest BCUT2D eigenvalue weighted by atomic mass is 35.5. The van der Waals surface area contributed by atoms with Gasteiger partial charge in [0.2, 0.25) is 0 Å². The van der Waals surface area contributed by atoms with E-state index in [1.165, 1.54) is 6.42 Å². The first-order valence-electron chi connectivity index (χ1n) is 9.92. The van der Waals surface area contributed by atoms with E-state index >= 15 is 0 Å². The van der Waals surface area contributed by atoms with Gasteiger partial charge in [-0.15, -0.1) is 0 Å². The molecule has 2 aromatic carbocycles. The number of carbonyl (C=O) groups is 1. The highest BCUT2D eigenvalue weighted by Crippen LogP contribution is 2.25. The number of para-hydroxylation sites is 1. The van der Waals surface area contributed by atoms with Crippen molar-refractivity contribution >= 4 is 28.5 Å². The van der Waals surface area contributed by atoms with E-state index in [2.05, 4.69) is 10.2 Å². The minimum absolute atomic E-state index is 0.0252. The second kappa shape index (κ2) is 8.80. The minimum atomic E-state index is -0.623. The van der Waals surface area contributed by atoms with E-state index in [1.807, 2.05) is 36.4 Å².